The first-order valence-corrected chi connectivity index (χ1v) is 12.8. The van der Waals surface area contributed by atoms with Crippen LogP contribution in [0.5, 0.6) is 0 Å². The number of anilines is 1. The maximum absolute atomic E-state index is 13.8. The number of aliphatic carboxylic acids is 1. The second kappa shape index (κ2) is 10.9. The minimum atomic E-state index is -1.55. The largest absolute Gasteiger partial charge is 0.480 e. The number of carbonyl (C=O) groups excluding carboxylic acids is 1. The van der Waals surface area contributed by atoms with E-state index in [1.54, 1.807) is 30.2 Å². The summed E-state index contributed by atoms with van der Waals surface area (Å²) in [5.41, 5.74) is 13.4. The number of carbonyl (C=O) groups is 2. The quantitative estimate of drug-likeness (QED) is 0.189. The molecular formula is C24H33N9O6. The summed E-state index contributed by atoms with van der Waals surface area (Å²) >= 11 is 0. The minimum absolute atomic E-state index is 0.0334. The van der Waals surface area contributed by atoms with Gasteiger partial charge in [0.15, 0.2) is 12.3 Å². The lowest BCUT2D eigenvalue weighted by Crippen LogP contribution is -2.53. The number of nitrogens with zero attached hydrogens (tertiary/aromatic N) is 6. The van der Waals surface area contributed by atoms with Gasteiger partial charge < -0.3 is 46.3 Å². The lowest BCUT2D eigenvalue weighted by Gasteiger charge is -2.36. The van der Waals surface area contributed by atoms with E-state index >= 15 is 0 Å². The molecule has 0 bridgehead atoms. The Morgan fingerprint density at radius 3 is 2.67 bits per heavy atom. The van der Waals surface area contributed by atoms with Gasteiger partial charge in [0.2, 0.25) is 0 Å². The number of aromatic nitrogens is 5. The van der Waals surface area contributed by atoms with E-state index in [0.29, 0.717) is 48.2 Å². The van der Waals surface area contributed by atoms with Crippen molar-refractivity contribution in [3.63, 3.8) is 0 Å². The van der Waals surface area contributed by atoms with Crippen LogP contribution in [0.2, 0.25) is 0 Å². The number of hydrogen-bond donors (Lipinski definition) is 6. The molecule has 5 atom stereocenters. The summed E-state index contributed by atoms with van der Waals surface area (Å²) in [7, 11) is 1.77. The Morgan fingerprint density at radius 1 is 1.26 bits per heavy atom. The maximum atomic E-state index is 13.8. The molecule has 210 valence electrons. The zero-order valence-electron chi connectivity index (χ0n) is 21.4. The van der Waals surface area contributed by atoms with Gasteiger partial charge in [0.1, 0.15) is 36.0 Å². The zero-order valence-corrected chi connectivity index (χ0v) is 21.4. The summed E-state index contributed by atoms with van der Waals surface area (Å²) in [6.45, 7) is 1.45. The van der Waals surface area contributed by atoms with Crippen molar-refractivity contribution in [1.29, 1.82) is 0 Å². The second-order valence-electron chi connectivity index (χ2n) is 9.96. The molecule has 5 heterocycles. The van der Waals surface area contributed by atoms with Gasteiger partial charge in [-0.3, -0.25) is 14.3 Å². The van der Waals surface area contributed by atoms with E-state index < -0.39 is 42.5 Å². The molecule has 2 fully saturated rings. The third-order valence-corrected chi connectivity index (χ3v) is 7.41. The summed E-state index contributed by atoms with van der Waals surface area (Å²) < 4.78 is 9.19. The number of fused-ring (bicyclic) bond motifs is 1. The number of aliphatic hydroxyl groups is 2. The first-order valence-electron chi connectivity index (χ1n) is 12.8. The van der Waals surface area contributed by atoms with Gasteiger partial charge in [-0.2, -0.15) is 5.10 Å². The summed E-state index contributed by atoms with van der Waals surface area (Å²) in [4.78, 5) is 35.0. The van der Waals surface area contributed by atoms with Crippen molar-refractivity contribution >= 4 is 28.7 Å². The van der Waals surface area contributed by atoms with Crippen LogP contribution in [0.25, 0.3) is 22.3 Å². The second-order valence-corrected chi connectivity index (χ2v) is 9.96. The molecule has 0 spiro atoms. The fourth-order valence-electron chi connectivity index (χ4n) is 5.30. The van der Waals surface area contributed by atoms with E-state index in [4.69, 9.17) is 16.2 Å². The number of nitrogens with one attached hydrogen (secondary N) is 1. The highest BCUT2D eigenvalue weighted by Crippen LogP contribution is 2.38. The topological polar surface area (TPSA) is 220 Å². The Hall–Kier alpha value is -3.63. The Bertz CT molecular complexity index is 1350. The Morgan fingerprint density at radius 2 is 2.00 bits per heavy atom. The molecule has 39 heavy (non-hydrogen) atoms. The van der Waals surface area contributed by atoms with Gasteiger partial charge in [-0.05, 0) is 38.4 Å². The molecule has 0 radical (unpaired) electrons. The molecule has 2 saturated heterocycles. The Labute approximate surface area is 223 Å². The molecular weight excluding hydrogens is 510 g/mol. The van der Waals surface area contributed by atoms with Gasteiger partial charge in [-0.1, -0.05) is 0 Å². The van der Waals surface area contributed by atoms with Crippen LogP contribution in [0.4, 0.5) is 5.82 Å². The van der Waals surface area contributed by atoms with E-state index in [-0.39, 0.29) is 24.8 Å². The predicted octanol–water partition coefficient (Wildman–Crippen LogP) is -1.58. The van der Waals surface area contributed by atoms with Gasteiger partial charge in [-0.15, -0.1) is 0 Å². The van der Waals surface area contributed by atoms with Crippen LogP contribution in [0.3, 0.4) is 0 Å². The number of rotatable bonds is 8. The molecule has 0 unspecified atom stereocenters. The smallest absolute Gasteiger partial charge is 0.320 e. The normalized spacial score (nSPS) is 24.7. The van der Waals surface area contributed by atoms with Gasteiger partial charge in [-0.25, -0.2) is 9.97 Å². The Kier molecular flexibility index (Phi) is 7.51. The predicted molar refractivity (Wildman–Crippen MR) is 138 cm³/mol. The minimum Gasteiger partial charge on any atom is -0.480 e. The van der Waals surface area contributed by atoms with Crippen molar-refractivity contribution in [3.05, 3.63) is 24.8 Å². The number of hydrogen-bond acceptors (Lipinski definition) is 11. The van der Waals surface area contributed by atoms with E-state index in [1.807, 2.05) is 0 Å². The third-order valence-electron chi connectivity index (χ3n) is 7.41. The van der Waals surface area contributed by atoms with Crippen LogP contribution < -0.4 is 16.8 Å². The van der Waals surface area contributed by atoms with E-state index in [9.17, 15) is 24.9 Å². The maximum Gasteiger partial charge on any atom is 0.320 e. The molecule has 3 aromatic rings. The van der Waals surface area contributed by atoms with Crippen LogP contribution >= 0.6 is 0 Å². The molecule has 5 rings (SSSR count). The molecule has 2 aliphatic rings. The molecule has 8 N–H and O–H groups in total. The van der Waals surface area contributed by atoms with E-state index in [1.165, 1.54) is 15.8 Å². The molecule has 0 aromatic carbocycles. The van der Waals surface area contributed by atoms with Crippen LogP contribution in [0, 0.1) is 0 Å². The van der Waals surface area contributed by atoms with Crippen LogP contribution in [-0.2, 0) is 21.4 Å². The van der Waals surface area contributed by atoms with Crippen LogP contribution in [-0.4, -0.2) is 106 Å². The van der Waals surface area contributed by atoms with Crippen molar-refractivity contribution in [1.82, 2.24) is 34.5 Å². The van der Waals surface area contributed by atoms with Crippen molar-refractivity contribution in [2.24, 2.45) is 12.8 Å². The lowest BCUT2D eigenvalue weighted by atomic mass is 10.0. The number of nitrogens with two attached hydrogens (primary N) is 2. The number of piperidine rings is 1. The lowest BCUT2D eigenvalue weighted by molar-refractivity contribution is -0.152. The van der Waals surface area contributed by atoms with Crippen molar-refractivity contribution in [3.8, 4) is 11.3 Å². The highest BCUT2D eigenvalue weighted by atomic mass is 16.6. The van der Waals surface area contributed by atoms with Crippen LogP contribution in [0.1, 0.15) is 25.5 Å². The standard InChI is InChI=1S/C24H33N9O6/c1-31-8-5-15(30-31)13-10-33(21-16(13)20(26)28-11-29-21)23-18(35)17(34)19(39-23)22(36)32(9-4-14(25)24(37)38)12-2-6-27-7-3-12/h5,8,10-12,14,17-19,23,27,34-35H,2-4,6-7,9,25H2,1H3,(H,37,38)(H2,26,28,29)/t14-,17-,18+,19-,23+/m0/s1. The zero-order chi connectivity index (χ0) is 27.8. The molecule has 2 aliphatic heterocycles. The average molecular weight is 544 g/mol. The van der Waals surface area contributed by atoms with Gasteiger partial charge in [0.05, 0.1) is 11.1 Å². The summed E-state index contributed by atoms with van der Waals surface area (Å²) in [6, 6.07) is 0.454. The molecule has 15 heteroatoms. The van der Waals surface area contributed by atoms with Crippen molar-refractivity contribution in [2.45, 2.75) is 55.9 Å². The summed E-state index contributed by atoms with van der Waals surface area (Å²) in [5, 5.41) is 39.4. The molecule has 15 nitrogen and oxygen atoms in total. The highest BCUT2D eigenvalue weighted by Gasteiger charge is 2.49. The molecule has 3 aromatic heterocycles. The number of nitrogen functional groups attached to an aromatic ring is 1. The first kappa shape index (κ1) is 27.0. The monoisotopic (exact) mass is 543 g/mol. The van der Waals surface area contributed by atoms with Crippen LogP contribution in [0.15, 0.2) is 24.8 Å². The first-order chi connectivity index (χ1) is 18.7. The van der Waals surface area contributed by atoms with E-state index in [2.05, 4.69) is 20.4 Å². The fourth-order valence-corrected chi connectivity index (χ4v) is 5.30. The summed E-state index contributed by atoms with van der Waals surface area (Å²) in [5.74, 6) is -1.50. The van der Waals surface area contributed by atoms with Gasteiger partial charge in [0.25, 0.3) is 5.91 Å². The number of carboxylic acid groups (broad SMARTS) is 1. The molecule has 1 amide bonds. The number of amides is 1. The van der Waals surface area contributed by atoms with Gasteiger partial charge in [0, 0.05) is 37.6 Å². The Balaban J connectivity index is 1.46. The van der Waals surface area contributed by atoms with E-state index in [0.717, 1.165) is 0 Å². The average Bonchev–Trinajstić information content (AvgIpc) is 3.61. The van der Waals surface area contributed by atoms with Gasteiger partial charge >= 0.3 is 5.97 Å². The number of ether oxygens (including phenoxy) is 1. The number of carboxylic acids is 1. The fraction of sp³-hybridized carbons (Fsp3) is 0.542. The number of aliphatic hydroxyl groups excluding tert-OH is 2. The highest BCUT2D eigenvalue weighted by molar-refractivity contribution is 5.99. The SMILES string of the molecule is Cn1ccc(-c2cn([C@@H]3O[C@H](C(=O)N(CC[C@H](N)C(=O)O)C4CCNCC4)[C@@H](O)[C@H]3O)c3ncnc(N)c23)n1. The summed E-state index contributed by atoms with van der Waals surface area (Å²) in [6.07, 6.45) is 0.450. The van der Waals surface area contributed by atoms with Crippen molar-refractivity contribution < 1.29 is 29.6 Å². The molecule has 0 saturated carbocycles. The van der Waals surface area contributed by atoms with Crippen molar-refractivity contribution in [2.75, 3.05) is 25.4 Å². The molecule has 0 aliphatic carbocycles. The third kappa shape index (κ3) is 5.06. The number of aryl methyl sites for hydroxylation is 1.